The standard InChI is InChI=1S/C20H23NO2S/c22-17-9-4-8-16-20(17)15(18-10-5-11-24-18)12-19(23)21(16)13-14-6-2-1-3-7-14/h1-3,5-7,10-11,15-17,20,22H,4,8-9,12-13H2/t15-,16-,17+,20-/m1/s1. The minimum Gasteiger partial charge on any atom is -0.393 e. The van der Waals surface area contributed by atoms with Crippen LogP contribution in [-0.4, -0.2) is 28.1 Å². The number of hydrogen-bond donors (Lipinski definition) is 1. The molecule has 1 aromatic carbocycles. The molecule has 1 aliphatic heterocycles. The third-order valence-electron chi connectivity index (χ3n) is 5.57. The van der Waals surface area contributed by atoms with E-state index in [1.54, 1.807) is 11.3 Å². The Morgan fingerprint density at radius 2 is 1.96 bits per heavy atom. The first kappa shape index (κ1) is 15.9. The van der Waals surface area contributed by atoms with E-state index in [-0.39, 0.29) is 29.9 Å². The fourth-order valence-electron chi connectivity index (χ4n) is 4.48. The van der Waals surface area contributed by atoms with Crippen LogP contribution in [-0.2, 0) is 11.3 Å². The van der Waals surface area contributed by atoms with Crippen molar-refractivity contribution < 1.29 is 9.90 Å². The number of likely N-dealkylation sites (tertiary alicyclic amines) is 1. The summed E-state index contributed by atoms with van der Waals surface area (Å²) in [5.41, 5.74) is 1.17. The van der Waals surface area contributed by atoms with E-state index in [0.29, 0.717) is 13.0 Å². The first-order chi connectivity index (χ1) is 11.7. The number of hydrogen-bond acceptors (Lipinski definition) is 3. The van der Waals surface area contributed by atoms with Gasteiger partial charge in [-0.15, -0.1) is 11.3 Å². The summed E-state index contributed by atoms with van der Waals surface area (Å²) < 4.78 is 0. The highest BCUT2D eigenvalue weighted by Gasteiger charge is 2.47. The van der Waals surface area contributed by atoms with Gasteiger partial charge in [-0.2, -0.15) is 0 Å². The molecule has 24 heavy (non-hydrogen) atoms. The Labute approximate surface area is 146 Å². The third-order valence-corrected chi connectivity index (χ3v) is 6.58. The molecule has 2 aliphatic rings. The number of aliphatic hydroxyl groups is 1. The quantitative estimate of drug-likeness (QED) is 0.923. The number of fused-ring (bicyclic) bond motifs is 1. The van der Waals surface area contributed by atoms with Crippen LogP contribution in [0.1, 0.15) is 42.0 Å². The smallest absolute Gasteiger partial charge is 0.223 e. The molecule has 2 fully saturated rings. The van der Waals surface area contributed by atoms with Crippen molar-refractivity contribution in [3.63, 3.8) is 0 Å². The highest BCUT2D eigenvalue weighted by atomic mass is 32.1. The van der Waals surface area contributed by atoms with Crippen LogP contribution in [0.3, 0.4) is 0 Å². The normalized spacial score (nSPS) is 30.2. The number of piperidine rings is 1. The molecule has 1 saturated carbocycles. The maximum absolute atomic E-state index is 12.9. The summed E-state index contributed by atoms with van der Waals surface area (Å²) in [7, 11) is 0. The lowest BCUT2D eigenvalue weighted by atomic mass is 9.69. The Morgan fingerprint density at radius 1 is 1.12 bits per heavy atom. The van der Waals surface area contributed by atoms with Crippen molar-refractivity contribution in [3.05, 3.63) is 58.3 Å². The molecule has 4 rings (SSSR count). The van der Waals surface area contributed by atoms with Gasteiger partial charge in [-0.3, -0.25) is 4.79 Å². The van der Waals surface area contributed by atoms with Gasteiger partial charge in [-0.05, 0) is 36.3 Å². The molecule has 1 N–H and O–H groups in total. The second-order valence-electron chi connectivity index (χ2n) is 6.98. The summed E-state index contributed by atoms with van der Waals surface area (Å²) >= 11 is 1.71. The van der Waals surface area contributed by atoms with Crippen LogP contribution in [0.15, 0.2) is 47.8 Å². The lowest BCUT2D eigenvalue weighted by Gasteiger charge is -2.49. The van der Waals surface area contributed by atoms with Crippen molar-refractivity contribution in [1.82, 2.24) is 4.90 Å². The van der Waals surface area contributed by atoms with E-state index in [4.69, 9.17) is 0 Å². The zero-order chi connectivity index (χ0) is 16.5. The molecule has 0 radical (unpaired) electrons. The van der Waals surface area contributed by atoms with Crippen LogP contribution in [0.2, 0.25) is 0 Å². The number of aliphatic hydroxyl groups excluding tert-OH is 1. The van der Waals surface area contributed by atoms with E-state index in [1.165, 1.54) is 10.4 Å². The predicted octanol–water partition coefficient (Wildman–Crippen LogP) is 3.79. The maximum Gasteiger partial charge on any atom is 0.223 e. The summed E-state index contributed by atoms with van der Waals surface area (Å²) in [6.45, 7) is 0.657. The zero-order valence-electron chi connectivity index (χ0n) is 13.7. The lowest BCUT2D eigenvalue weighted by molar-refractivity contribution is -0.146. The van der Waals surface area contributed by atoms with E-state index >= 15 is 0 Å². The van der Waals surface area contributed by atoms with Crippen molar-refractivity contribution in [2.45, 2.75) is 50.3 Å². The molecule has 1 saturated heterocycles. The number of thiophene rings is 1. The van der Waals surface area contributed by atoms with Crippen molar-refractivity contribution in [1.29, 1.82) is 0 Å². The highest BCUT2D eigenvalue weighted by molar-refractivity contribution is 7.10. The Bertz CT molecular complexity index is 685. The van der Waals surface area contributed by atoms with Crippen molar-refractivity contribution >= 4 is 17.2 Å². The SMILES string of the molecule is O=C1C[C@H](c2cccs2)[C@@H]2[C@@H](CCC[C@@H]2O)N1Cc1ccccc1. The molecule has 0 bridgehead atoms. The molecule has 4 atom stereocenters. The van der Waals surface area contributed by atoms with Gasteiger partial charge in [0.2, 0.25) is 5.91 Å². The van der Waals surface area contributed by atoms with E-state index in [9.17, 15) is 9.90 Å². The van der Waals surface area contributed by atoms with Crippen LogP contribution in [0.4, 0.5) is 0 Å². The van der Waals surface area contributed by atoms with Gasteiger partial charge >= 0.3 is 0 Å². The average Bonchev–Trinajstić information content (AvgIpc) is 3.13. The molecule has 0 unspecified atom stereocenters. The van der Waals surface area contributed by atoms with Crippen LogP contribution < -0.4 is 0 Å². The monoisotopic (exact) mass is 341 g/mol. The van der Waals surface area contributed by atoms with Crippen LogP contribution in [0.25, 0.3) is 0 Å². The van der Waals surface area contributed by atoms with Gasteiger partial charge in [0.25, 0.3) is 0 Å². The van der Waals surface area contributed by atoms with Crippen LogP contribution >= 0.6 is 11.3 Å². The van der Waals surface area contributed by atoms with Gasteiger partial charge in [-0.25, -0.2) is 0 Å². The lowest BCUT2D eigenvalue weighted by Crippen LogP contribution is -2.56. The Balaban J connectivity index is 1.64. The molecule has 2 heterocycles. The van der Waals surface area contributed by atoms with E-state index in [2.05, 4.69) is 23.6 Å². The number of carbonyl (C=O) groups is 1. The number of carbonyl (C=O) groups excluding carboxylic acids is 1. The summed E-state index contributed by atoms with van der Waals surface area (Å²) in [4.78, 5) is 16.2. The molecule has 3 nitrogen and oxygen atoms in total. The summed E-state index contributed by atoms with van der Waals surface area (Å²) in [5.74, 6) is 0.566. The van der Waals surface area contributed by atoms with Crippen LogP contribution in [0.5, 0.6) is 0 Å². The third kappa shape index (κ3) is 2.89. The van der Waals surface area contributed by atoms with Gasteiger partial charge in [0, 0.05) is 35.7 Å². The van der Waals surface area contributed by atoms with Gasteiger partial charge in [-0.1, -0.05) is 36.4 Å². The van der Waals surface area contributed by atoms with Gasteiger partial charge in [0.1, 0.15) is 0 Å². The predicted molar refractivity (Wildman–Crippen MR) is 95.8 cm³/mol. The molecule has 126 valence electrons. The molecule has 4 heteroatoms. The molecule has 1 aliphatic carbocycles. The Hall–Kier alpha value is -1.65. The largest absolute Gasteiger partial charge is 0.393 e. The first-order valence-corrected chi connectivity index (χ1v) is 9.67. The van der Waals surface area contributed by atoms with Crippen molar-refractivity contribution in [2.75, 3.05) is 0 Å². The van der Waals surface area contributed by atoms with Gasteiger partial charge in [0.15, 0.2) is 0 Å². The zero-order valence-corrected chi connectivity index (χ0v) is 14.5. The summed E-state index contributed by atoms with van der Waals surface area (Å²) in [6.07, 6.45) is 3.07. The molecular formula is C20H23NO2S. The van der Waals surface area contributed by atoms with Gasteiger partial charge in [0.05, 0.1) is 6.10 Å². The second-order valence-corrected chi connectivity index (χ2v) is 7.96. The number of rotatable bonds is 3. The molecule has 0 spiro atoms. The minimum atomic E-state index is -0.303. The van der Waals surface area contributed by atoms with E-state index in [0.717, 1.165) is 19.3 Å². The Morgan fingerprint density at radius 3 is 2.71 bits per heavy atom. The fraction of sp³-hybridized carbons (Fsp3) is 0.450. The second kappa shape index (κ2) is 6.69. The summed E-state index contributed by atoms with van der Waals surface area (Å²) in [6, 6.07) is 14.5. The van der Waals surface area contributed by atoms with Gasteiger partial charge < -0.3 is 10.0 Å². The number of benzene rings is 1. The number of nitrogens with zero attached hydrogens (tertiary/aromatic N) is 1. The molecule has 2 aromatic rings. The van der Waals surface area contributed by atoms with E-state index in [1.807, 2.05) is 29.2 Å². The van der Waals surface area contributed by atoms with Crippen molar-refractivity contribution in [3.8, 4) is 0 Å². The Kier molecular flexibility index (Phi) is 4.42. The number of amides is 1. The maximum atomic E-state index is 12.9. The molecule has 1 amide bonds. The minimum absolute atomic E-state index is 0.155. The topological polar surface area (TPSA) is 40.5 Å². The summed E-state index contributed by atoms with van der Waals surface area (Å²) in [5, 5.41) is 12.8. The molecular weight excluding hydrogens is 318 g/mol. The van der Waals surface area contributed by atoms with Crippen molar-refractivity contribution in [2.24, 2.45) is 5.92 Å². The first-order valence-electron chi connectivity index (χ1n) is 8.79. The van der Waals surface area contributed by atoms with E-state index < -0.39 is 0 Å². The highest BCUT2D eigenvalue weighted by Crippen LogP contribution is 2.46. The average molecular weight is 341 g/mol. The van der Waals surface area contributed by atoms with Crippen LogP contribution in [0, 0.1) is 5.92 Å². The fourth-order valence-corrected chi connectivity index (χ4v) is 5.37. The molecule has 1 aromatic heterocycles.